The van der Waals surface area contributed by atoms with Crippen LogP contribution in [0.2, 0.25) is 0 Å². The molecule has 0 unspecified atom stereocenters. The second kappa shape index (κ2) is 6.68. The average Bonchev–Trinajstić information content (AvgIpc) is 2.80. The zero-order chi connectivity index (χ0) is 12.8. The molecule has 1 N–H and O–H groups in total. The predicted molar refractivity (Wildman–Crippen MR) is 77.5 cm³/mol. The van der Waals surface area contributed by atoms with Crippen LogP contribution in [0.25, 0.3) is 10.9 Å². The van der Waals surface area contributed by atoms with Crippen LogP contribution >= 0.6 is 11.5 Å². The Bertz CT molecular complexity index is 486. The second-order valence-corrected chi connectivity index (χ2v) is 5.03. The number of hydrogen-bond acceptors (Lipinski definition) is 5. The van der Waals surface area contributed by atoms with Crippen LogP contribution in [0, 0.1) is 0 Å². The molecule has 18 heavy (non-hydrogen) atoms. The normalized spacial score (nSPS) is 11.3. The summed E-state index contributed by atoms with van der Waals surface area (Å²) in [5.74, 6) is 0. The number of fused-ring (bicyclic) bond motifs is 1. The minimum absolute atomic E-state index is 0.778. The lowest BCUT2D eigenvalue weighted by atomic mass is 10.2. The highest BCUT2D eigenvalue weighted by Gasteiger charge is 2.04. The molecule has 0 atom stereocenters. The van der Waals surface area contributed by atoms with Crippen molar-refractivity contribution in [2.75, 3.05) is 45.7 Å². The first-order chi connectivity index (χ1) is 8.81. The summed E-state index contributed by atoms with van der Waals surface area (Å²) in [4.78, 5) is 2.25. The summed E-state index contributed by atoms with van der Waals surface area (Å²) in [7, 11) is 3.83. The van der Waals surface area contributed by atoms with E-state index >= 15 is 0 Å². The molecule has 0 bridgehead atoms. The molecule has 2 rings (SSSR count). The first-order valence-corrected chi connectivity index (χ1v) is 6.84. The van der Waals surface area contributed by atoms with Gasteiger partial charge in [0, 0.05) is 32.1 Å². The van der Waals surface area contributed by atoms with Crippen molar-refractivity contribution in [3.63, 3.8) is 0 Å². The van der Waals surface area contributed by atoms with Crippen molar-refractivity contribution in [2.24, 2.45) is 0 Å². The molecular formula is C13H19N3OS. The topological polar surface area (TPSA) is 37.4 Å². The van der Waals surface area contributed by atoms with E-state index in [4.69, 9.17) is 4.74 Å². The molecule has 0 fully saturated rings. The van der Waals surface area contributed by atoms with Crippen molar-refractivity contribution in [1.82, 2.24) is 9.27 Å². The van der Waals surface area contributed by atoms with Crippen LogP contribution in [-0.2, 0) is 4.74 Å². The number of rotatable bonds is 7. The van der Waals surface area contributed by atoms with Crippen molar-refractivity contribution in [1.29, 1.82) is 0 Å². The minimum Gasteiger partial charge on any atom is -0.383 e. The van der Waals surface area contributed by atoms with Gasteiger partial charge in [-0.25, -0.2) is 0 Å². The van der Waals surface area contributed by atoms with Crippen molar-refractivity contribution in [3.05, 3.63) is 24.3 Å². The Hall–Kier alpha value is -1.17. The lowest BCUT2D eigenvalue weighted by Crippen LogP contribution is -2.28. The molecule has 1 heterocycles. The van der Waals surface area contributed by atoms with Gasteiger partial charge in [-0.05, 0) is 30.7 Å². The molecule has 2 aromatic rings. The molecule has 0 aliphatic heterocycles. The summed E-state index contributed by atoms with van der Waals surface area (Å²) >= 11 is 1.53. The van der Waals surface area contributed by atoms with Crippen molar-refractivity contribution < 1.29 is 4.74 Å². The highest BCUT2D eigenvalue weighted by molar-refractivity contribution is 7.11. The number of aromatic nitrogens is 1. The van der Waals surface area contributed by atoms with Gasteiger partial charge in [-0.3, -0.25) is 0 Å². The number of hydrogen-bond donors (Lipinski definition) is 1. The SMILES string of the molecule is COCCN(C)CCNc1snc2ccccc12. The third-order valence-corrected chi connectivity index (χ3v) is 3.67. The largest absolute Gasteiger partial charge is 0.383 e. The molecule has 0 radical (unpaired) electrons. The van der Waals surface area contributed by atoms with Crippen molar-refractivity contribution in [3.8, 4) is 0 Å². The maximum absolute atomic E-state index is 5.05. The highest BCUT2D eigenvalue weighted by Crippen LogP contribution is 2.26. The maximum atomic E-state index is 5.05. The summed E-state index contributed by atoms with van der Waals surface area (Å²) < 4.78 is 9.46. The standard InChI is InChI=1S/C13H19N3OS/c1-16(9-10-17-2)8-7-14-13-11-5-3-4-6-12(11)15-18-13/h3-6,14H,7-10H2,1-2H3. The van der Waals surface area contributed by atoms with Crippen LogP contribution in [-0.4, -0.2) is 49.7 Å². The number of methoxy groups -OCH3 is 1. The molecule has 0 amide bonds. The number of ether oxygens (including phenoxy) is 1. The van der Waals surface area contributed by atoms with Gasteiger partial charge in [0.15, 0.2) is 0 Å². The summed E-state index contributed by atoms with van der Waals surface area (Å²) in [6, 6.07) is 8.22. The number of nitrogens with one attached hydrogen (secondary N) is 1. The Morgan fingerprint density at radius 1 is 1.33 bits per heavy atom. The molecular weight excluding hydrogens is 246 g/mol. The molecule has 0 saturated heterocycles. The number of likely N-dealkylation sites (N-methyl/N-ethyl adjacent to an activating group) is 1. The zero-order valence-electron chi connectivity index (χ0n) is 10.8. The average molecular weight is 265 g/mol. The lowest BCUT2D eigenvalue weighted by molar-refractivity contribution is 0.163. The van der Waals surface area contributed by atoms with Gasteiger partial charge in [0.25, 0.3) is 0 Å². The van der Waals surface area contributed by atoms with Gasteiger partial charge in [-0.2, -0.15) is 4.37 Å². The first kappa shape index (κ1) is 13.3. The molecule has 0 aliphatic rings. The first-order valence-electron chi connectivity index (χ1n) is 6.07. The van der Waals surface area contributed by atoms with Gasteiger partial charge in [0.1, 0.15) is 5.00 Å². The van der Waals surface area contributed by atoms with Crippen LogP contribution in [0.15, 0.2) is 24.3 Å². The zero-order valence-corrected chi connectivity index (χ0v) is 11.7. The molecule has 4 nitrogen and oxygen atoms in total. The van der Waals surface area contributed by atoms with Crippen LogP contribution < -0.4 is 5.32 Å². The van der Waals surface area contributed by atoms with E-state index in [2.05, 4.69) is 27.7 Å². The van der Waals surface area contributed by atoms with E-state index in [1.807, 2.05) is 18.2 Å². The fourth-order valence-electron chi connectivity index (χ4n) is 1.74. The third-order valence-electron chi connectivity index (χ3n) is 2.84. The summed E-state index contributed by atoms with van der Waals surface area (Å²) in [6.07, 6.45) is 0. The number of anilines is 1. The van der Waals surface area contributed by atoms with Gasteiger partial charge in [0.05, 0.1) is 12.1 Å². The fraction of sp³-hybridized carbons (Fsp3) is 0.462. The Kier molecular flexibility index (Phi) is 4.92. The quantitative estimate of drug-likeness (QED) is 0.833. The van der Waals surface area contributed by atoms with Crippen molar-refractivity contribution in [2.45, 2.75) is 0 Å². The smallest absolute Gasteiger partial charge is 0.117 e. The molecule has 5 heteroatoms. The van der Waals surface area contributed by atoms with Crippen LogP contribution in [0.1, 0.15) is 0 Å². The second-order valence-electron chi connectivity index (χ2n) is 4.25. The molecule has 0 saturated carbocycles. The molecule has 0 aliphatic carbocycles. The van der Waals surface area contributed by atoms with Crippen LogP contribution in [0.4, 0.5) is 5.00 Å². The van der Waals surface area contributed by atoms with Gasteiger partial charge < -0.3 is 15.0 Å². The van der Waals surface area contributed by atoms with E-state index in [1.54, 1.807) is 7.11 Å². The van der Waals surface area contributed by atoms with E-state index in [9.17, 15) is 0 Å². The van der Waals surface area contributed by atoms with Crippen LogP contribution in [0.3, 0.4) is 0 Å². The van der Waals surface area contributed by atoms with Gasteiger partial charge in [-0.15, -0.1) is 0 Å². The van der Waals surface area contributed by atoms with Gasteiger partial charge in [0.2, 0.25) is 0 Å². The molecule has 1 aromatic carbocycles. The summed E-state index contributed by atoms with van der Waals surface area (Å²) in [6.45, 7) is 3.66. The third kappa shape index (κ3) is 3.41. The summed E-state index contributed by atoms with van der Waals surface area (Å²) in [5.41, 5.74) is 1.07. The molecule has 0 spiro atoms. The molecule has 98 valence electrons. The number of nitrogens with zero attached hydrogens (tertiary/aromatic N) is 2. The predicted octanol–water partition coefficient (Wildman–Crippen LogP) is 2.29. The van der Waals surface area contributed by atoms with E-state index < -0.39 is 0 Å². The lowest BCUT2D eigenvalue weighted by Gasteiger charge is -2.16. The van der Waals surface area contributed by atoms with Crippen LogP contribution in [0.5, 0.6) is 0 Å². The maximum Gasteiger partial charge on any atom is 0.117 e. The minimum atomic E-state index is 0.778. The Balaban J connectivity index is 1.83. The Morgan fingerprint density at radius 3 is 3.00 bits per heavy atom. The molecule has 1 aromatic heterocycles. The fourth-order valence-corrected chi connectivity index (χ4v) is 2.52. The van der Waals surface area contributed by atoms with Gasteiger partial charge in [-0.1, -0.05) is 12.1 Å². The van der Waals surface area contributed by atoms with E-state index in [0.29, 0.717) is 0 Å². The van der Waals surface area contributed by atoms with Gasteiger partial charge >= 0.3 is 0 Å². The van der Waals surface area contributed by atoms with E-state index in [1.165, 1.54) is 16.9 Å². The van der Waals surface area contributed by atoms with Crippen molar-refractivity contribution >= 4 is 27.4 Å². The number of benzene rings is 1. The monoisotopic (exact) mass is 265 g/mol. The van der Waals surface area contributed by atoms with E-state index in [0.717, 1.165) is 36.8 Å². The Morgan fingerprint density at radius 2 is 2.17 bits per heavy atom. The highest BCUT2D eigenvalue weighted by atomic mass is 32.1. The Labute approximate surface area is 112 Å². The van der Waals surface area contributed by atoms with E-state index in [-0.39, 0.29) is 0 Å². The summed E-state index contributed by atoms with van der Waals surface area (Å²) in [5, 5.41) is 5.82.